The second kappa shape index (κ2) is 8.55. The smallest absolute Gasteiger partial charge is 0.414 e. The molecule has 7 heteroatoms. The van der Waals surface area contributed by atoms with Crippen molar-refractivity contribution in [3.05, 3.63) is 89.0 Å². The third kappa shape index (κ3) is 3.80. The summed E-state index contributed by atoms with van der Waals surface area (Å²) in [6.45, 7) is 0. The highest BCUT2D eigenvalue weighted by Gasteiger charge is 2.37. The number of carbonyl (C=O) groups excluding carboxylic acids is 1. The van der Waals surface area contributed by atoms with E-state index in [-0.39, 0.29) is 12.8 Å². The van der Waals surface area contributed by atoms with E-state index in [1.807, 2.05) is 48.5 Å². The summed E-state index contributed by atoms with van der Waals surface area (Å²) >= 11 is 0. The van der Waals surface area contributed by atoms with Crippen molar-refractivity contribution in [2.45, 2.75) is 18.9 Å². The number of hydrogen-bond donors (Lipinski definition) is 2. The average Bonchev–Trinajstić information content (AvgIpc) is 3.09. The molecule has 4 rings (SSSR count). The van der Waals surface area contributed by atoms with Crippen molar-refractivity contribution in [3.8, 4) is 11.1 Å². The van der Waals surface area contributed by atoms with Crippen molar-refractivity contribution < 1.29 is 29.3 Å². The maximum atomic E-state index is 13.1. The van der Waals surface area contributed by atoms with Gasteiger partial charge in [-0.15, -0.1) is 0 Å². The van der Waals surface area contributed by atoms with E-state index < -0.39 is 24.1 Å². The van der Waals surface area contributed by atoms with Crippen LogP contribution in [-0.4, -0.2) is 35.4 Å². The van der Waals surface area contributed by atoms with E-state index in [9.17, 15) is 24.6 Å². The first kappa shape index (κ1) is 21.1. The fourth-order valence-electron chi connectivity index (χ4n) is 4.28. The first-order valence-corrected chi connectivity index (χ1v) is 10.0. The van der Waals surface area contributed by atoms with Gasteiger partial charge in [-0.2, -0.15) is 0 Å². The number of ether oxygens (including phenoxy) is 1. The average molecular weight is 431 g/mol. The number of hydrogen-bond acceptors (Lipinski definition) is 4. The van der Waals surface area contributed by atoms with Crippen LogP contribution in [0.15, 0.2) is 66.7 Å². The van der Waals surface area contributed by atoms with Gasteiger partial charge in [0.1, 0.15) is 0 Å². The Hall–Kier alpha value is -4.13. The first-order valence-electron chi connectivity index (χ1n) is 10.0. The molecule has 32 heavy (non-hydrogen) atoms. The Morgan fingerprint density at radius 1 is 0.844 bits per heavy atom. The van der Waals surface area contributed by atoms with Crippen LogP contribution >= 0.6 is 0 Å². The molecule has 0 spiro atoms. The molecule has 3 aromatic rings. The van der Waals surface area contributed by atoms with E-state index in [1.54, 1.807) is 18.2 Å². The molecule has 162 valence electrons. The molecule has 0 saturated carbocycles. The standard InChI is InChI=1S/C25H21NO6/c1-32-25(31)26(21-12-15(13-22(27)28)10-11-16(21)14-23(29)30)24-19-8-4-2-6-17(19)18-7-3-5-9-20(18)24/h2-12,24H,13-14H2,1H3,(H,27,28)(H,29,30). The normalized spacial score (nSPS) is 12.0. The molecule has 7 nitrogen and oxygen atoms in total. The summed E-state index contributed by atoms with van der Waals surface area (Å²) in [6, 6.07) is 19.5. The van der Waals surface area contributed by atoms with Crippen LogP contribution in [0.3, 0.4) is 0 Å². The molecule has 0 heterocycles. The number of carbonyl (C=O) groups is 3. The second-order valence-corrected chi connectivity index (χ2v) is 7.52. The SMILES string of the molecule is COC(=O)N(c1cc(CC(=O)O)ccc1CC(=O)O)C1c2ccccc2-c2ccccc21. The van der Waals surface area contributed by atoms with Gasteiger partial charge in [0.15, 0.2) is 0 Å². The molecule has 0 aromatic heterocycles. The lowest BCUT2D eigenvalue weighted by Crippen LogP contribution is -2.35. The fourth-order valence-corrected chi connectivity index (χ4v) is 4.28. The van der Waals surface area contributed by atoms with Gasteiger partial charge in [-0.3, -0.25) is 14.5 Å². The van der Waals surface area contributed by atoms with Crippen molar-refractivity contribution in [2.75, 3.05) is 12.0 Å². The van der Waals surface area contributed by atoms with E-state index in [0.717, 1.165) is 22.3 Å². The predicted molar refractivity (Wildman–Crippen MR) is 118 cm³/mol. The monoisotopic (exact) mass is 431 g/mol. The maximum Gasteiger partial charge on any atom is 0.414 e. The van der Waals surface area contributed by atoms with E-state index in [2.05, 4.69) is 0 Å². The summed E-state index contributed by atoms with van der Waals surface area (Å²) in [5, 5.41) is 18.7. The van der Waals surface area contributed by atoms with Crippen molar-refractivity contribution in [2.24, 2.45) is 0 Å². The molecule has 1 aliphatic carbocycles. The Kier molecular flexibility index (Phi) is 5.64. The summed E-state index contributed by atoms with van der Waals surface area (Å²) in [5.74, 6) is -2.09. The van der Waals surface area contributed by atoms with Gasteiger partial charge in [0.25, 0.3) is 0 Å². The highest BCUT2D eigenvalue weighted by molar-refractivity contribution is 5.94. The third-order valence-electron chi connectivity index (χ3n) is 5.54. The van der Waals surface area contributed by atoms with Gasteiger partial charge in [0, 0.05) is 0 Å². The number of anilines is 1. The molecular weight excluding hydrogens is 410 g/mol. The van der Waals surface area contributed by atoms with Gasteiger partial charge >= 0.3 is 18.0 Å². The molecule has 0 fully saturated rings. The molecule has 1 aliphatic rings. The first-order chi connectivity index (χ1) is 15.4. The Morgan fingerprint density at radius 3 is 1.94 bits per heavy atom. The summed E-state index contributed by atoms with van der Waals surface area (Å²) in [4.78, 5) is 37.4. The number of benzene rings is 3. The fraction of sp³-hybridized carbons (Fsp3) is 0.160. The van der Waals surface area contributed by atoms with Crippen LogP contribution < -0.4 is 4.90 Å². The lowest BCUT2D eigenvalue weighted by Gasteiger charge is -2.31. The molecule has 0 bridgehead atoms. The number of carboxylic acids is 2. The van der Waals surface area contributed by atoms with Crippen LogP contribution in [0.2, 0.25) is 0 Å². The lowest BCUT2D eigenvalue weighted by atomic mass is 9.98. The van der Waals surface area contributed by atoms with Crippen molar-refractivity contribution in [3.63, 3.8) is 0 Å². The Bertz CT molecular complexity index is 1170. The van der Waals surface area contributed by atoms with Gasteiger partial charge in [0.2, 0.25) is 0 Å². The number of nitrogens with zero attached hydrogens (tertiary/aromatic N) is 1. The number of amides is 1. The minimum absolute atomic E-state index is 0.257. The Labute approximate surface area is 184 Å². The molecule has 3 aromatic carbocycles. The summed E-state index contributed by atoms with van der Waals surface area (Å²) in [5.41, 5.74) is 4.86. The number of rotatable bonds is 6. The Morgan fingerprint density at radius 2 is 1.41 bits per heavy atom. The molecule has 0 aliphatic heterocycles. The van der Waals surface area contributed by atoms with Crippen molar-refractivity contribution in [1.82, 2.24) is 0 Å². The van der Waals surface area contributed by atoms with Crippen LogP contribution in [0.25, 0.3) is 11.1 Å². The molecule has 0 atom stereocenters. The highest BCUT2D eigenvalue weighted by Crippen LogP contribution is 2.48. The number of aliphatic carboxylic acids is 2. The van der Waals surface area contributed by atoms with Crippen molar-refractivity contribution in [1.29, 1.82) is 0 Å². The lowest BCUT2D eigenvalue weighted by molar-refractivity contribution is -0.137. The van der Waals surface area contributed by atoms with Crippen LogP contribution in [-0.2, 0) is 27.2 Å². The molecule has 1 amide bonds. The quantitative estimate of drug-likeness (QED) is 0.604. The van der Waals surface area contributed by atoms with Crippen LogP contribution in [0.4, 0.5) is 10.5 Å². The Balaban J connectivity index is 1.95. The van der Waals surface area contributed by atoms with Crippen LogP contribution in [0.5, 0.6) is 0 Å². The number of carboxylic acid groups (broad SMARTS) is 2. The topological polar surface area (TPSA) is 104 Å². The van der Waals surface area contributed by atoms with Gasteiger partial charge in [-0.25, -0.2) is 4.79 Å². The second-order valence-electron chi connectivity index (χ2n) is 7.52. The number of fused-ring (bicyclic) bond motifs is 3. The largest absolute Gasteiger partial charge is 0.481 e. The predicted octanol–water partition coefficient (Wildman–Crippen LogP) is 4.28. The van der Waals surface area contributed by atoms with Crippen LogP contribution in [0.1, 0.15) is 28.3 Å². The van der Waals surface area contributed by atoms with E-state index in [4.69, 9.17) is 4.74 Å². The van der Waals surface area contributed by atoms with Gasteiger partial charge < -0.3 is 14.9 Å². The minimum Gasteiger partial charge on any atom is -0.481 e. The molecule has 0 saturated heterocycles. The van der Waals surface area contributed by atoms with Crippen molar-refractivity contribution >= 4 is 23.7 Å². The highest BCUT2D eigenvalue weighted by atomic mass is 16.5. The third-order valence-corrected chi connectivity index (χ3v) is 5.54. The molecule has 0 radical (unpaired) electrons. The summed E-state index contributed by atoms with van der Waals surface area (Å²) in [6.07, 6.45) is -1.25. The number of methoxy groups -OCH3 is 1. The zero-order valence-corrected chi connectivity index (χ0v) is 17.3. The zero-order valence-electron chi connectivity index (χ0n) is 17.3. The molecular formula is C25H21NO6. The molecule has 0 unspecified atom stereocenters. The summed E-state index contributed by atoms with van der Waals surface area (Å²) < 4.78 is 5.11. The zero-order chi connectivity index (χ0) is 22.8. The van der Waals surface area contributed by atoms with E-state index in [0.29, 0.717) is 16.8 Å². The molecule has 2 N–H and O–H groups in total. The van der Waals surface area contributed by atoms with E-state index in [1.165, 1.54) is 12.0 Å². The van der Waals surface area contributed by atoms with Crippen LogP contribution in [0, 0.1) is 0 Å². The van der Waals surface area contributed by atoms with Gasteiger partial charge in [-0.05, 0) is 39.4 Å². The van der Waals surface area contributed by atoms with Gasteiger partial charge in [-0.1, -0.05) is 60.7 Å². The minimum atomic E-state index is -1.06. The maximum absolute atomic E-state index is 13.1. The summed E-state index contributed by atoms with van der Waals surface area (Å²) in [7, 11) is 1.26. The van der Waals surface area contributed by atoms with E-state index >= 15 is 0 Å². The van der Waals surface area contributed by atoms with Gasteiger partial charge in [0.05, 0.1) is 31.7 Å².